The molecule has 0 bridgehead atoms. The van der Waals surface area contributed by atoms with Gasteiger partial charge >= 0.3 is 0 Å². The van der Waals surface area contributed by atoms with Gasteiger partial charge < -0.3 is 9.67 Å². The van der Waals surface area contributed by atoms with Crippen LogP contribution in [-0.4, -0.2) is 37.9 Å². The van der Waals surface area contributed by atoms with E-state index in [0.717, 1.165) is 32.0 Å². The molecule has 5 nitrogen and oxygen atoms in total. The van der Waals surface area contributed by atoms with Gasteiger partial charge in [-0.2, -0.15) is 0 Å². The van der Waals surface area contributed by atoms with Gasteiger partial charge in [0.05, 0.1) is 6.54 Å². The van der Waals surface area contributed by atoms with Crippen LogP contribution in [0.1, 0.15) is 46.3 Å². The lowest BCUT2D eigenvalue weighted by Crippen LogP contribution is -2.40. The molecule has 1 aromatic rings. The van der Waals surface area contributed by atoms with Gasteiger partial charge in [0.2, 0.25) is 0 Å². The van der Waals surface area contributed by atoms with Crippen molar-refractivity contribution in [3.63, 3.8) is 0 Å². The Kier molecular flexibility index (Phi) is 3.23. The van der Waals surface area contributed by atoms with Crippen LogP contribution in [0.25, 0.3) is 0 Å². The standard InChI is InChI=1S/C13H24N4O/c1-12(2,3)9-16-6-7-17-10(8-16)14-15-11(17)13(4,5)18/h18H,6-9H2,1-5H3. The molecule has 0 aliphatic carbocycles. The van der Waals surface area contributed by atoms with E-state index < -0.39 is 5.60 Å². The summed E-state index contributed by atoms with van der Waals surface area (Å²) < 4.78 is 2.05. The van der Waals surface area contributed by atoms with Gasteiger partial charge in [0.15, 0.2) is 5.82 Å². The van der Waals surface area contributed by atoms with Gasteiger partial charge in [-0.1, -0.05) is 20.8 Å². The van der Waals surface area contributed by atoms with Gasteiger partial charge in [0.1, 0.15) is 11.4 Å². The molecule has 1 aromatic heterocycles. The second kappa shape index (κ2) is 4.31. The van der Waals surface area contributed by atoms with Crippen molar-refractivity contribution in [2.24, 2.45) is 5.41 Å². The molecule has 2 rings (SSSR count). The Morgan fingerprint density at radius 1 is 1.11 bits per heavy atom. The molecule has 1 aliphatic rings. The molecule has 0 saturated carbocycles. The van der Waals surface area contributed by atoms with Gasteiger partial charge in [-0.05, 0) is 19.3 Å². The van der Waals surface area contributed by atoms with E-state index >= 15 is 0 Å². The lowest BCUT2D eigenvalue weighted by Gasteiger charge is -2.33. The second-order valence-electron chi connectivity index (χ2n) is 6.92. The largest absolute Gasteiger partial charge is 0.382 e. The van der Waals surface area contributed by atoms with Crippen molar-refractivity contribution in [1.82, 2.24) is 19.7 Å². The summed E-state index contributed by atoms with van der Waals surface area (Å²) in [7, 11) is 0. The highest BCUT2D eigenvalue weighted by molar-refractivity contribution is 5.05. The minimum absolute atomic E-state index is 0.293. The first-order valence-electron chi connectivity index (χ1n) is 6.54. The summed E-state index contributed by atoms with van der Waals surface area (Å²) in [6, 6.07) is 0. The molecule has 18 heavy (non-hydrogen) atoms. The van der Waals surface area contributed by atoms with E-state index in [9.17, 15) is 5.11 Å². The van der Waals surface area contributed by atoms with E-state index in [1.54, 1.807) is 13.8 Å². The molecule has 0 fully saturated rings. The summed E-state index contributed by atoms with van der Waals surface area (Å²) in [5.74, 6) is 1.63. The minimum Gasteiger partial charge on any atom is -0.382 e. The fourth-order valence-electron chi connectivity index (χ4n) is 2.47. The lowest BCUT2D eigenvalue weighted by atomic mass is 9.96. The van der Waals surface area contributed by atoms with E-state index in [2.05, 4.69) is 40.4 Å². The third-order valence-corrected chi connectivity index (χ3v) is 3.08. The van der Waals surface area contributed by atoms with E-state index in [4.69, 9.17) is 0 Å². The predicted octanol–water partition coefficient (Wildman–Crippen LogP) is 1.37. The maximum absolute atomic E-state index is 10.0. The molecule has 0 spiro atoms. The fourth-order valence-corrected chi connectivity index (χ4v) is 2.47. The van der Waals surface area contributed by atoms with E-state index in [1.807, 2.05) is 0 Å². The van der Waals surface area contributed by atoms with Crippen molar-refractivity contribution in [2.75, 3.05) is 13.1 Å². The number of hydrogen-bond donors (Lipinski definition) is 1. The number of aromatic nitrogens is 3. The van der Waals surface area contributed by atoms with Gasteiger partial charge in [-0.25, -0.2) is 0 Å². The summed E-state index contributed by atoms with van der Waals surface area (Å²) in [5, 5.41) is 18.4. The van der Waals surface area contributed by atoms with Crippen LogP contribution >= 0.6 is 0 Å². The zero-order chi connectivity index (χ0) is 13.6. The van der Waals surface area contributed by atoms with Crippen LogP contribution in [-0.2, 0) is 18.7 Å². The predicted molar refractivity (Wildman–Crippen MR) is 70.0 cm³/mol. The normalized spacial score (nSPS) is 17.9. The highest BCUT2D eigenvalue weighted by atomic mass is 16.3. The quantitative estimate of drug-likeness (QED) is 0.863. The average Bonchev–Trinajstić information content (AvgIpc) is 2.56. The fraction of sp³-hybridized carbons (Fsp3) is 0.846. The highest BCUT2D eigenvalue weighted by Crippen LogP contribution is 2.23. The van der Waals surface area contributed by atoms with E-state index in [-0.39, 0.29) is 0 Å². The number of nitrogens with zero attached hydrogens (tertiary/aromatic N) is 4. The zero-order valence-electron chi connectivity index (χ0n) is 12.1. The van der Waals surface area contributed by atoms with Crippen LogP contribution in [0.3, 0.4) is 0 Å². The molecule has 0 unspecified atom stereocenters. The van der Waals surface area contributed by atoms with E-state index in [1.165, 1.54) is 0 Å². The first-order valence-corrected chi connectivity index (χ1v) is 6.54. The topological polar surface area (TPSA) is 54.2 Å². The van der Waals surface area contributed by atoms with E-state index in [0.29, 0.717) is 11.2 Å². The molecular formula is C13H24N4O. The average molecular weight is 252 g/mol. The molecular weight excluding hydrogens is 228 g/mol. The first-order chi connectivity index (χ1) is 8.17. The molecule has 1 aliphatic heterocycles. The molecule has 0 radical (unpaired) electrons. The van der Waals surface area contributed by atoms with Crippen LogP contribution in [0.15, 0.2) is 0 Å². The lowest BCUT2D eigenvalue weighted by molar-refractivity contribution is 0.0606. The Morgan fingerprint density at radius 2 is 1.78 bits per heavy atom. The number of fused-ring (bicyclic) bond motifs is 1. The number of hydrogen-bond acceptors (Lipinski definition) is 4. The highest BCUT2D eigenvalue weighted by Gasteiger charge is 2.29. The Labute approximate surface area is 109 Å². The number of rotatable bonds is 2. The Morgan fingerprint density at radius 3 is 2.33 bits per heavy atom. The summed E-state index contributed by atoms with van der Waals surface area (Å²) in [6.45, 7) is 14.0. The zero-order valence-corrected chi connectivity index (χ0v) is 12.1. The summed E-state index contributed by atoms with van der Waals surface area (Å²) >= 11 is 0. The number of aliphatic hydroxyl groups is 1. The van der Waals surface area contributed by atoms with Crippen molar-refractivity contribution >= 4 is 0 Å². The Hall–Kier alpha value is -0.940. The third kappa shape index (κ3) is 2.90. The molecule has 0 atom stereocenters. The van der Waals surface area contributed by atoms with Gasteiger partial charge in [0.25, 0.3) is 0 Å². The van der Waals surface area contributed by atoms with Crippen LogP contribution in [0, 0.1) is 5.41 Å². The van der Waals surface area contributed by atoms with Crippen molar-refractivity contribution in [3.05, 3.63) is 11.6 Å². The monoisotopic (exact) mass is 252 g/mol. The molecule has 102 valence electrons. The van der Waals surface area contributed by atoms with Crippen molar-refractivity contribution in [3.8, 4) is 0 Å². The summed E-state index contributed by atoms with van der Waals surface area (Å²) in [5.41, 5.74) is -0.626. The van der Waals surface area contributed by atoms with Gasteiger partial charge in [0, 0.05) is 19.6 Å². The molecule has 1 N–H and O–H groups in total. The smallest absolute Gasteiger partial charge is 0.164 e. The Balaban J connectivity index is 2.15. The van der Waals surface area contributed by atoms with Gasteiger partial charge in [-0.15, -0.1) is 10.2 Å². The van der Waals surface area contributed by atoms with Gasteiger partial charge in [-0.3, -0.25) is 4.90 Å². The first kappa shape index (κ1) is 13.5. The minimum atomic E-state index is -0.919. The maximum Gasteiger partial charge on any atom is 0.164 e. The maximum atomic E-state index is 10.0. The van der Waals surface area contributed by atoms with Crippen molar-refractivity contribution < 1.29 is 5.11 Å². The van der Waals surface area contributed by atoms with Crippen LogP contribution in [0.4, 0.5) is 0 Å². The summed E-state index contributed by atoms with van der Waals surface area (Å²) in [6.07, 6.45) is 0. The third-order valence-electron chi connectivity index (χ3n) is 3.08. The van der Waals surface area contributed by atoms with Crippen LogP contribution < -0.4 is 0 Å². The van der Waals surface area contributed by atoms with Crippen molar-refractivity contribution in [2.45, 2.75) is 53.3 Å². The van der Waals surface area contributed by atoms with Crippen molar-refractivity contribution in [1.29, 1.82) is 0 Å². The SMILES string of the molecule is CC(C)(C)CN1CCn2c(nnc2C(C)(C)O)C1. The molecule has 0 aromatic carbocycles. The molecule has 2 heterocycles. The molecule has 0 saturated heterocycles. The van der Waals surface area contributed by atoms with Crippen LogP contribution in [0.2, 0.25) is 0 Å². The second-order valence-corrected chi connectivity index (χ2v) is 6.92. The molecule has 5 heteroatoms. The molecule has 0 amide bonds. The van der Waals surface area contributed by atoms with Crippen LogP contribution in [0.5, 0.6) is 0 Å². The summed E-state index contributed by atoms with van der Waals surface area (Å²) in [4.78, 5) is 2.40. The Bertz CT molecular complexity index is 425.